The largest absolute Gasteiger partial charge is 0.340 e. The monoisotopic (exact) mass is 421 g/mol. The fourth-order valence-electron chi connectivity index (χ4n) is 2.59. The molecule has 1 N–H and O–H groups in total. The number of anilines is 3. The minimum atomic E-state index is -3.71. The Kier molecular flexibility index (Phi) is 5.89. The Morgan fingerprint density at radius 3 is 2.22 bits per heavy atom. The quantitative estimate of drug-likeness (QED) is 0.582. The normalized spacial score (nSPS) is 11.2. The molecule has 3 aromatic rings. The summed E-state index contributed by atoms with van der Waals surface area (Å²) in [5.74, 6) is 0.482. The molecule has 2 aromatic carbocycles. The Labute approximate surface area is 168 Å². The molecular weight excluding hydrogens is 405 g/mol. The first-order chi connectivity index (χ1) is 12.9. The van der Waals surface area contributed by atoms with E-state index in [2.05, 4.69) is 10.3 Å². The summed E-state index contributed by atoms with van der Waals surface area (Å²) >= 11 is 12.0. The van der Waals surface area contributed by atoms with E-state index in [-0.39, 0.29) is 4.90 Å². The SMILES string of the molecule is CCN(c1ccccc1)S(=O)(=O)c1ccc(Nc2cc(Cl)cc(Cl)c2)nc1. The summed E-state index contributed by atoms with van der Waals surface area (Å²) < 4.78 is 27.2. The highest BCUT2D eigenvalue weighted by atomic mass is 35.5. The average Bonchev–Trinajstić information content (AvgIpc) is 2.62. The van der Waals surface area contributed by atoms with Crippen molar-refractivity contribution in [3.63, 3.8) is 0 Å². The molecule has 0 saturated carbocycles. The summed E-state index contributed by atoms with van der Waals surface area (Å²) in [6.45, 7) is 2.10. The van der Waals surface area contributed by atoms with Crippen LogP contribution in [0.25, 0.3) is 0 Å². The van der Waals surface area contributed by atoms with Crippen LogP contribution in [0.4, 0.5) is 17.2 Å². The highest BCUT2D eigenvalue weighted by Crippen LogP contribution is 2.26. The van der Waals surface area contributed by atoms with E-state index in [9.17, 15) is 8.42 Å². The Hall–Kier alpha value is -2.28. The highest BCUT2D eigenvalue weighted by molar-refractivity contribution is 7.92. The number of aromatic nitrogens is 1. The summed E-state index contributed by atoms with van der Waals surface area (Å²) in [5.41, 5.74) is 1.27. The van der Waals surface area contributed by atoms with Crippen molar-refractivity contribution in [2.45, 2.75) is 11.8 Å². The molecule has 0 aliphatic heterocycles. The molecule has 3 rings (SSSR count). The van der Waals surface area contributed by atoms with Gasteiger partial charge >= 0.3 is 0 Å². The zero-order valence-electron chi connectivity index (χ0n) is 14.4. The molecule has 0 aliphatic rings. The molecule has 0 aliphatic carbocycles. The van der Waals surface area contributed by atoms with Gasteiger partial charge in [0, 0.05) is 28.5 Å². The molecule has 0 spiro atoms. The molecule has 0 atom stereocenters. The van der Waals surface area contributed by atoms with Gasteiger partial charge in [-0.15, -0.1) is 0 Å². The topological polar surface area (TPSA) is 62.3 Å². The number of para-hydroxylation sites is 1. The van der Waals surface area contributed by atoms with Crippen molar-refractivity contribution in [2.75, 3.05) is 16.2 Å². The number of pyridine rings is 1. The van der Waals surface area contributed by atoms with Crippen LogP contribution in [0.2, 0.25) is 10.0 Å². The molecule has 0 radical (unpaired) electrons. The van der Waals surface area contributed by atoms with E-state index >= 15 is 0 Å². The lowest BCUT2D eigenvalue weighted by Crippen LogP contribution is -2.30. The van der Waals surface area contributed by atoms with Gasteiger partial charge in [0.15, 0.2) is 0 Å². The second kappa shape index (κ2) is 8.17. The molecule has 140 valence electrons. The van der Waals surface area contributed by atoms with Crippen LogP contribution >= 0.6 is 23.2 Å². The molecule has 5 nitrogen and oxygen atoms in total. The first-order valence-electron chi connectivity index (χ1n) is 8.17. The molecule has 27 heavy (non-hydrogen) atoms. The first-order valence-corrected chi connectivity index (χ1v) is 10.4. The summed E-state index contributed by atoms with van der Waals surface area (Å²) in [7, 11) is -3.71. The van der Waals surface area contributed by atoms with Crippen LogP contribution in [0, 0.1) is 0 Å². The van der Waals surface area contributed by atoms with Crippen molar-refractivity contribution in [3.8, 4) is 0 Å². The lowest BCUT2D eigenvalue weighted by Gasteiger charge is -2.22. The first kappa shape index (κ1) is 19.5. The maximum absolute atomic E-state index is 13.0. The fraction of sp³-hybridized carbons (Fsp3) is 0.105. The molecule has 1 aromatic heterocycles. The number of hydrogen-bond acceptors (Lipinski definition) is 4. The van der Waals surface area contributed by atoms with E-state index < -0.39 is 10.0 Å². The van der Waals surface area contributed by atoms with Gasteiger partial charge in [-0.25, -0.2) is 13.4 Å². The predicted molar refractivity (Wildman–Crippen MR) is 111 cm³/mol. The van der Waals surface area contributed by atoms with E-state index in [1.54, 1.807) is 55.5 Å². The van der Waals surface area contributed by atoms with Gasteiger partial charge in [-0.1, -0.05) is 41.4 Å². The number of nitrogens with one attached hydrogen (secondary N) is 1. The van der Waals surface area contributed by atoms with Crippen molar-refractivity contribution in [2.24, 2.45) is 0 Å². The Bertz CT molecular complexity index is 1010. The van der Waals surface area contributed by atoms with Crippen molar-refractivity contribution < 1.29 is 8.42 Å². The fourth-order valence-corrected chi connectivity index (χ4v) is 4.54. The zero-order valence-corrected chi connectivity index (χ0v) is 16.8. The van der Waals surface area contributed by atoms with Crippen molar-refractivity contribution >= 4 is 50.4 Å². The molecule has 0 amide bonds. The lowest BCUT2D eigenvalue weighted by atomic mass is 10.3. The minimum Gasteiger partial charge on any atom is -0.340 e. The molecule has 1 heterocycles. The summed E-state index contributed by atoms with van der Waals surface area (Å²) in [6.07, 6.45) is 1.33. The van der Waals surface area contributed by atoms with Crippen LogP contribution in [-0.2, 0) is 10.0 Å². The van der Waals surface area contributed by atoms with E-state index in [1.165, 1.54) is 16.6 Å². The highest BCUT2D eigenvalue weighted by Gasteiger charge is 2.23. The van der Waals surface area contributed by atoms with Crippen LogP contribution in [0.15, 0.2) is 71.8 Å². The van der Waals surface area contributed by atoms with Crippen molar-refractivity contribution in [1.82, 2.24) is 4.98 Å². The summed E-state index contributed by atoms with van der Waals surface area (Å²) in [5, 5.41) is 4.03. The molecule has 0 bridgehead atoms. The molecule has 0 unspecified atom stereocenters. The van der Waals surface area contributed by atoms with Gasteiger partial charge in [0.25, 0.3) is 10.0 Å². The van der Waals surface area contributed by atoms with E-state index in [0.29, 0.717) is 33.8 Å². The van der Waals surface area contributed by atoms with Crippen LogP contribution in [0.1, 0.15) is 6.92 Å². The molecule has 0 saturated heterocycles. The van der Waals surface area contributed by atoms with Crippen molar-refractivity contribution in [3.05, 3.63) is 76.9 Å². The maximum atomic E-state index is 13.0. The van der Waals surface area contributed by atoms with Gasteiger partial charge in [-0.2, -0.15) is 0 Å². The number of rotatable bonds is 6. The summed E-state index contributed by atoms with van der Waals surface area (Å²) in [6, 6.07) is 17.1. The zero-order chi connectivity index (χ0) is 19.4. The number of sulfonamides is 1. The smallest absolute Gasteiger partial charge is 0.265 e. The van der Waals surface area contributed by atoms with Crippen LogP contribution in [-0.4, -0.2) is 19.9 Å². The van der Waals surface area contributed by atoms with Gasteiger partial charge in [0.1, 0.15) is 10.7 Å². The standard InChI is InChI=1S/C19H17Cl2N3O2S/c1-2-24(17-6-4-3-5-7-17)27(25,26)18-8-9-19(22-13-18)23-16-11-14(20)10-15(21)12-16/h3-13H,2H2,1H3,(H,22,23). The summed E-state index contributed by atoms with van der Waals surface area (Å²) in [4.78, 5) is 4.32. The third-order valence-electron chi connectivity index (χ3n) is 3.79. The second-order valence-corrected chi connectivity index (χ2v) is 8.40. The molecular formula is C19H17Cl2N3O2S. The number of halogens is 2. The maximum Gasteiger partial charge on any atom is 0.265 e. The van der Waals surface area contributed by atoms with Gasteiger partial charge in [0.2, 0.25) is 0 Å². The van der Waals surface area contributed by atoms with Gasteiger partial charge < -0.3 is 5.32 Å². The second-order valence-electron chi connectivity index (χ2n) is 5.67. The average molecular weight is 422 g/mol. The van der Waals surface area contributed by atoms with Crippen LogP contribution < -0.4 is 9.62 Å². The molecule has 0 fully saturated rings. The number of hydrogen-bond donors (Lipinski definition) is 1. The number of nitrogens with zero attached hydrogens (tertiary/aromatic N) is 2. The van der Waals surface area contributed by atoms with Crippen LogP contribution in [0.3, 0.4) is 0 Å². The van der Waals surface area contributed by atoms with Gasteiger partial charge in [0.05, 0.1) is 5.69 Å². The molecule has 8 heteroatoms. The third-order valence-corrected chi connectivity index (χ3v) is 6.11. The van der Waals surface area contributed by atoms with E-state index in [0.717, 1.165) is 0 Å². The van der Waals surface area contributed by atoms with Crippen LogP contribution in [0.5, 0.6) is 0 Å². The minimum absolute atomic E-state index is 0.114. The lowest BCUT2D eigenvalue weighted by molar-refractivity contribution is 0.591. The predicted octanol–water partition coefficient (Wildman–Crippen LogP) is 5.35. The van der Waals surface area contributed by atoms with E-state index in [4.69, 9.17) is 23.2 Å². The Morgan fingerprint density at radius 1 is 1.00 bits per heavy atom. The Morgan fingerprint density at radius 2 is 1.67 bits per heavy atom. The van der Waals surface area contributed by atoms with Gasteiger partial charge in [-0.05, 0) is 49.4 Å². The van der Waals surface area contributed by atoms with Crippen molar-refractivity contribution in [1.29, 1.82) is 0 Å². The van der Waals surface area contributed by atoms with E-state index in [1.807, 2.05) is 6.07 Å². The number of benzene rings is 2. The van der Waals surface area contributed by atoms with Gasteiger partial charge in [-0.3, -0.25) is 4.31 Å². The Balaban J connectivity index is 1.85. The third kappa shape index (κ3) is 4.53.